The number of hydrogen-bond acceptors (Lipinski definition) is 2. The minimum atomic E-state index is -0.367. The molecule has 0 saturated carbocycles. The monoisotopic (exact) mass is 408 g/mol. The summed E-state index contributed by atoms with van der Waals surface area (Å²) in [6, 6.07) is 21.3. The lowest BCUT2D eigenvalue weighted by molar-refractivity contribution is -0.122. The molecule has 5 heteroatoms. The van der Waals surface area contributed by atoms with E-state index in [2.05, 4.69) is 21.2 Å². The molecule has 1 fully saturated rings. The Morgan fingerprint density at radius 2 is 1.73 bits per heavy atom. The van der Waals surface area contributed by atoms with Crippen LogP contribution in [0.15, 0.2) is 71.2 Å². The largest absolute Gasteiger partial charge is 0.325 e. The summed E-state index contributed by atoms with van der Waals surface area (Å²) in [6.07, 6.45) is 0.220. The third kappa shape index (κ3) is 3.10. The molecule has 26 heavy (non-hydrogen) atoms. The Labute approximate surface area is 159 Å². The first-order chi connectivity index (χ1) is 12.6. The first-order valence-corrected chi connectivity index (χ1v) is 9.26. The molecule has 1 aliphatic heterocycles. The molecule has 1 aliphatic rings. The minimum Gasteiger partial charge on any atom is -0.325 e. The number of benzene rings is 3. The van der Waals surface area contributed by atoms with Crippen LogP contribution in [0.25, 0.3) is 10.8 Å². The molecule has 3 aromatic carbocycles. The highest BCUT2D eigenvalue weighted by Crippen LogP contribution is 2.32. The molecule has 4 nitrogen and oxygen atoms in total. The molecule has 0 aliphatic carbocycles. The van der Waals surface area contributed by atoms with Crippen molar-refractivity contribution >= 4 is 49.9 Å². The number of hydrogen-bond donors (Lipinski definition) is 1. The van der Waals surface area contributed by atoms with Crippen LogP contribution in [-0.2, 0) is 9.59 Å². The molecule has 0 spiro atoms. The predicted molar refractivity (Wildman–Crippen MR) is 107 cm³/mol. The molecule has 3 aromatic rings. The maximum atomic E-state index is 12.8. The molecule has 0 bridgehead atoms. The van der Waals surface area contributed by atoms with Crippen LogP contribution in [0.2, 0.25) is 0 Å². The molecule has 1 saturated heterocycles. The van der Waals surface area contributed by atoms with Crippen molar-refractivity contribution in [1.29, 1.82) is 0 Å². The number of carbonyl (C=O) groups excluding carboxylic acids is 2. The van der Waals surface area contributed by atoms with Gasteiger partial charge in [-0.3, -0.25) is 9.59 Å². The zero-order valence-corrected chi connectivity index (χ0v) is 15.6. The van der Waals surface area contributed by atoms with E-state index < -0.39 is 0 Å². The Bertz CT molecular complexity index is 997. The van der Waals surface area contributed by atoms with E-state index in [1.165, 1.54) is 0 Å². The maximum Gasteiger partial charge on any atom is 0.229 e. The zero-order chi connectivity index (χ0) is 18.1. The number of fused-ring (bicyclic) bond motifs is 1. The van der Waals surface area contributed by atoms with Crippen LogP contribution in [0.3, 0.4) is 0 Å². The predicted octanol–water partition coefficient (Wildman–Crippen LogP) is 4.59. The molecule has 130 valence electrons. The van der Waals surface area contributed by atoms with E-state index in [9.17, 15) is 9.59 Å². The molecular weight excluding hydrogens is 392 g/mol. The number of rotatable bonds is 3. The summed E-state index contributed by atoms with van der Waals surface area (Å²) in [5.41, 5.74) is 1.58. The molecular formula is C21H17BrN2O2. The van der Waals surface area contributed by atoms with Crippen LogP contribution in [0.1, 0.15) is 6.42 Å². The van der Waals surface area contributed by atoms with Gasteiger partial charge in [0.05, 0.1) is 11.6 Å². The van der Waals surface area contributed by atoms with Gasteiger partial charge in [-0.05, 0) is 39.5 Å². The quantitative estimate of drug-likeness (QED) is 0.688. The zero-order valence-electron chi connectivity index (χ0n) is 14.0. The van der Waals surface area contributed by atoms with Gasteiger partial charge >= 0.3 is 0 Å². The van der Waals surface area contributed by atoms with Gasteiger partial charge in [0, 0.05) is 28.5 Å². The minimum absolute atomic E-state index is 0.0324. The van der Waals surface area contributed by atoms with Gasteiger partial charge in [0.15, 0.2) is 0 Å². The van der Waals surface area contributed by atoms with Gasteiger partial charge < -0.3 is 10.2 Å². The number of amides is 2. The lowest BCUT2D eigenvalue weighted by Crippen LogP contribution is -2.28. The molecule has 1 N–H and O–H groups in total. The molecule has 2 amide bonds. The van der Waals surface area contributed by atoms with Crippen molar-refractivity contribution in [2.45, 2.75) is 6.42 Å². The van der Waals surface area contributed by atoms with Gasteiger partial charge in [0.25, 0.3) is 0 Å². The third-order valence-electron chi connectivity index (χ3n) is 4.69. The van der Waals surface area contributed by atoms with Gasteiger partial charge in [-0.2, -0.15) is 0 Å². The number of halogens is 1. The van der Waals surface area contributed by atoms with E-state index in [0.29, 0.717) is 6.54 Å². The topological polar surface area (TPSA) is 49.4 Å². The van der Waals surface area contributed by atoms with Crippen LogP contribution in [-0.4, -0.2) is 18.4 Å². The summed E-state index contributed by atoms with van der Waals surface area (Å²) < 4.78 is 0.850. The number of carbonyl (C=O) groups is 2. The van der Waals surface area contributed by atoms with Crippen molar-refractivity contribution in [3.05, 3.63) is 71.2 Å². The number of anilines is 2. The Balaban J connectivity index is 1.54. The van der Waals surface area contributed by atoms with E-state index >= 15 is 0 Å². The average molecular weight is 409 g/mol. The SMILES string of the molecule is O=C(Nc1cccc2ccccc12)C1CC(=O)N(c2ccccc2Br)C1. The molecule has 1 atom stereocenters. The highest BCUT2D eigenvalue weighted by molar-refractivity contribution is 9.10. The van der Waals surface area contributed by atoms with Crippen molar-refractivity contribution in [3.8, 4) is 0 Å². The Morgan fingerprint density at radius 1 is 1.00 bits per heavy atom. The van der Waals surface area contributed by atoms with Crippen LogP contribution in [0.4, 0.5) is 11.4 Å². The van der Waals surface area contributed by atoms with Gasteiger partial charge in [0.2, 0.25) is 11.8 Å². The Hall–Kier alpha value is -2.66. The summed E-state index contributed by atoms with van der Waals surface area (Å²) in [6.45, 7) is 0.387. The van der Waals surface area contributed by atoms with Gasteiger partial charge in [-0.25, -0.2) is 0 Å². The molecule has 0 radical (unpaired) electrons. The fraction of sp³-hybridized carbons (Fsp3) is 0.143. The first kappa shape index (κ1) is 16.8. The van der Waals surface area contributed by atoms with Crippen LogP contribution >= 0.6 is 15.9 Å². The van der Waals surface area contributed by atoms with Crippen molar-refractivity contribution in [1.82, 2.24) is 0 Å². The summed E-state index contributed by atoms with van der Waals surface area (Å²) in [7, 11) is 0. The van der Waals surface area contributed by atoms with Crippen molar-refractivity contribution < 1.29 is 9.59 Å². The van der Waals surface area contributed by atoms with E-state index in [0.717, 1.165) is 26.6 Å². The summed E-state index contributed by atoms with van der Waals surface area (Å²) in [5, 5.41) is 5.07. The van der Waals surface area contributed by atoms with Crippen LogP contribution < -0.4 is 10.2 Å². The number of para-hydroxylation sites is 1. The van der Waals surface area contributed by atoms with Crippen LogP contribution in [0, 0.1) is 5.92 Å². The standard InChI is InChI=1S/C21H17BrN2O2/c22-17-9-3-4-11-19(17)24-13-15(12-20(24)25)21(26)23-18-10-5-7-14-6-1-2-8-16(14)18/h1-11,15H,12-13H2,(H,23,26). The Kier molecular flexibility index (Phi) is 4.47. The number of nitrogens with zero attached hydrogens (tertiary/aromatic N) is 1. The van der Waals surface area contributed by atoms with Crippen LogP contribution in [0.5, 0.6) is 0 Å². The lowest BCUT2D eigenvalue weighted by Gasteiger charge is -2.18. The van der Waals surface area contributed by atoms with Crippen molar-refractivity contribution in [3.63, 3.8) is 0 Å². The van der Waals surface area contributed by atoms with Gasteiger partial charge in [-0.15, -0.1) is 0 Å². The number of nitrogens with one attached hydrogen (secondary N) is 1. The normalized spacial score (nSPS) is 16.9. The second kappa shape index (κ2) is 6.92. The molecule has 1 unspecified atom stereocenters. The second-order valence-corrected chi connectivity index (χ2v) is 7.23. The van der Waals surface area contributed by atoms with Crippen molar-refractivity contribution in [2.24, 2.45) is 5.92 Å². The van der Waals surface area contributed by atoms with Crippen molar-refractivity contribution in [2.75, 3.05) is 16.8 Å². The second-order valence-electron chi connectivity index (χ2n) is 6.37. The van der Waals surface area contributed by atoms with E-state index in [-0.39, 0.29) is 24.2 Å². The molecule has 0 aromatic heterocycles. The maximum absolute atomic E-state index is 12.8. The molecule has 1 heterocycles. The smallest absolute Gasteiger partial charge is 0.229 e. The third-order valence-corrected chi connectivity index (χ3v) is 5.36. The van der Waals surface area contributed by atoms with E-state index in [4.69, 9.17) is 0 Å². The van der Waals surface area contributed by atoms with Gasteiger partial charge in [0.1, 0.15) is 0 Å². The summed E-state index contributed by atoms with van der Waals surface area (Å²) in [5.74, 6) is -0.521. The highest BCUT2D eigenvalue weighted by atomic mass is 79.9. The fourth-order valence-electron chi connectivity index (χ4n) is 3.36. The molecule has 4 rings (SSSR count). The summed E-state index contributed by atoms with van der Waals surface area (Å²) >= 11 is 3.48. The average Bonchev–Trinajstić information content (AvgIpc) is 3.04. The summed E-state index contributed by atoms with van der Waals surface area (Å²) in [4.78, 5) is 26.9. The van der Waals surface area contributed by atoms with Gasteiger partial charge in [-0.1, -0.05) is 48.5 Å². The highest BCUT2D eigenvalue weighted by Gasteiger charge is 2.35. The fourth-order valence-corrected chi connectivity index (χ4v) is 3.85. The Morgan fingerprint density at radius 3 is 2.58 bits per heavy atom. The lowest BCUT2D eigenvalue weighted by atomic mass is 10.1. The van der Waals surface area contributed by atoms with E-state index in [1.54, 1.807) is 4.90 Å². The first-order valence-electron chi connectivity index (χ1n) is 8.47. The van der Waals surface area contributed by atoms with E-state index in [1.807, 2.05) is 66.7 Å².